The summed E-state index contributed by atoms with van der Waals surface area (Å²) in [6.07, 6.45) is 5.13. The van der Waals surface area contributed by atoms with E-state index in [1.165, 1.54) is 25.7 Å². The Morgan fingerprint density at radius 2 is 2.15 bits per heavy atom. The van der Waals surface area contributed by atoms with Gasteiger partial charge in [-0.05, 0) is 47.4 Å². The molecule has 1 aliphatic rings. The van der Waals surface area contributed by atoms with Gasteiger partial charge in [-0.2, -0.15) is 0 Å². The first-order valence-corrected chi connectivity index (χ1v) is 6.98. The Hall–Kier alpha value is -2.11. The predicted octanol–water partition coefficient (Wildman–Crippen LogP) is 2.12. The highest BCUT2D eigenvalue weighted by molar-refractivity contribution is 5.73. The maximum absolute atomic E-state index is 6.05. The van der Waals surface area contributed by atoms with Crippen LogP contribution in [0.1, 0.15) is 25.7 Å². The summed E-state index contributed by atoms with van der Waals surface area (Å²) in [4.78, 5) is 0. The van der Waals surface area contributed by atoms with Crippen molar-refractivity contribution in [3.8, 4) is 17.1 Å². The monoisotopic (exact) mass is 273 g/mol. The smallest absolute Gasteiger partial charge is 0.184 e. The fourth-order valence-corrected chi connectivity index (χ4v) is 2.81. The lowest BCUT2D eigenvalue weighted by Crippen LogP contribution is -2.11. The second-order valence-electron chi connectivity index (χ2n) is 5.29. The van der Waals surface area contributed by atoms with Crippen LogP contribution in [-0.4, -0.2) is 27.3 Å². The van der Waals surface area contributed by atoms with E-state index in [1.807, 2.05) is 22.9 Å². The van der Waals surface area contributed by atoms with Gasteiger partial charge in [-0.3, -0.25) is 0 Å². The van der Waals surface area contributed by atoms with E-state index in [9.17, 15) is 0 Å². The zero-order valence-corrected chi connectivity index (χ0v) is 11.6. The van der Waals surface area contributed by atoms with E-state index in [2.05, 4.69) is 15.5 Å². The van der Waals surface area contributed by atoms with Crippen molar-refractivity contribution in [3.05, 3.63) is 18.2 Å². The topological polar surface area (TPSA) is 78.8 Å². The van der Waals surface area contributed by atoms with E-state index >= 15 is 0 Å². The molecule has 1 fully saturated rings. The molecule has 6 nitrogen and oxygen atoms in total. The number of tetrazole rings is 1. The maximum Gasteiger partial charge on any atom is 0.184 e. The fourth-order valence-electron chi connectivity index (χ4n) is 2.81. The summed E-state index contributed by atoms with van der Waals surface area (Å²) in [5.74, 6) is 2.14. The van der Waals surface area contributed by atoms with Crippen molar-refractivity contribution in [3.63, 3.8) is 0 Å². The van der Waals surface area contributed by atoms with Crippen LogP contribution in [0.2, 0.25) is 0 Å². The molecule has 20 heavy (non-hydrogen) atoms. The fraction of sp³-hybridized carbons (Fsp3) is 0.500. The molecule has 0 saturated heterocycles. The van der Waals surface area contributed by atoms with Gasteiger partial charge in [-0.25, -0.2) is 4.68 Å². The van der Waals surface area contributed by atoms with E-state index < -0.39 is 0 Å². The predicted molar refractivity (Wildman–Crippen MR) is 76.2 cm³/mol. The van der Waals surface area contributed by atoms with Crippen LogP contribution in [0, 0.1) is 5.92 Å². The molecule has 0 atom stereocenters. The van der Waals surface area contributed by atoms with Crippen LogP contribution >= 0.6 is 0 Å². The average molecular weight is 273 g/mol. The number of nitrogens with two attached hydrogens (primary N) is 1. The average Bonchev–Trinajstić information content (AvgIpc) is 3.12. The van der Waals surface area contributed by atoms with E-state index in [0.29, 0.717) is 17.4 Å². The third-order valence-corrected chi connectivity index (χ3v) is 3.94. The first kappa shape index (κ1) is 12.9. The molecule has 0 aliphatic heterocycles. The van der Waals surface area contributed by atoms with Crippen molar-refractivity contribution in [2.24, 2.45) is 5.92 Å². The van der Waals surface area contributed by atoms with Crippen LogP contribution in [0.4, 0.5) is 5.69 Å². The Bertz CT molecular complexity index is 589. The lowest BCUT2D eigenvalue weighted by atomic mass is 10.1. The number of aromatic nitrogens is 4. The molecule has 0 unspecified atom stereocenters. The summed E-state index contributed by atoms with van der Waals surface area (Å²) in [5, 5.41) is 12.0. The minimum Gasteiger partial charge on any atom is -0.497 e. The highest BCUT2D eigenvalue weighted by atomic mass is 16.5. The molecule has 1 heterocycles. The van der Waals surface area contributed by atoms with Crippen molar-refractivity contribution in [1.29, 1.82) is 0 Å². The molecule has 0 radical (unpaired) electrons. The maximum atomic E-state index is 6.05. The number of methoxy groups -OCH3 is 1. The highest BCUT2D eigenvalue weighted by Gasteiger charge is 2.19. The van der Waals surface area contributed by atoms with Gasteiger partial charge in [0.1, 0.15) is 5.75 Å². The third kappa shape index (κ3) is 2.45. The standard InChI is InChI=1S/C14H19N5O/c1-20-11-6-7-13(15)12(8-11)14-16-17-18-19(14)9-10-4-2-3-5-10/h6-8,10H,2-5,9,15H2,1H3. The van der Waals surface area contributed by atoms with Crippen LogP contribution < -0.4 is 10.5 Å². The van der Waals surface area contributed by atoms with Gasteiger partial charge in [-0.1, -0.05) is 12.8 Å². The van der Waals surface area contributed by atoms with Gasteiger partial charge in [0.25, 0.3) is 0 Å². The molecule has 2 aromatic rings. The molecule has 1 aliphatic carbocycles. The molecule has 1 aromatic carbocycles. The Balaban J connectivity index is 1.92. The number of nitrogens with zero attached hydrogens (tertiary/aromatic N) is 4. The number of rotatable bonds is 4. The van der Waals surface area contributed by atoms with Crippen molar-refractivity contribution in [2.75, 3.05) is 12.8 Å². The Labute approximate surface area is 117 Å². The van der Waals surface area contributed by atoms with Gasteiger partial charge in [-0.15, -0.1) is 5.10 Å². The molecular formula is C14H19N5O. The molecule has 6 heteroatoms. The van der Waals surface area contributed by atoms with Crippen LogP contribution in [0.3, 0.4) is 0 Å². The quantitative estimate of drug-likeness (QED) is 0.863. The Morgan fingerprint density at radius 1 is 1.35 bits per heavy atom. The lowest BCUT2D eigenvalue weighted by Gasteiger charge is -2.12. The van der Waals surface area contributed by atoms with E-state index in [4.69, 9.17) is 10.5 Å². The van der Waals surface area contributed by atoms with Crippen molar-refractivity contribution < 1.29 is 4.74 Å². The van der Waals surface area contributed by atoms with Gasteiger partial charge in [0.2, 0.25) is 0 Å². The molecule has 0 spiro atoms. The van der Waals surface area contributed by atoms with Gasteiger partial charge >= 0.3 is 0 Å². The summed E-state index contributed by atoms with van der Waals surface area (Å²) in [5.41, 5.74) is 7.53. The first-order chi connectivity index (χ1) is 9.78. The Morgan fingerprint density at radius 3 is 2.90 bits per heavy atom. The summed E-state index contributed by atoms with van der Waals surface area (Å²) in [6, 6.07) is 5.54. The van der Waals surface area contributed by atoms with E-state index in [-0.39, 0.29) is 0 Å². The summed E-state index contributed by atoms with van der Waals surface area (Å²) < 4.78 is 7.11. The van der Waals surface area contributed by atoms with Gasteiger partial charge in [0.05, 0.1) is 7.11 Å². The highest BCUT2D eigenvalue weighted by Crippen LogP contribution is 2.30. The number of benzene rings is 1. The number of anilines is 1. The van der Waals surface area contributed by atoms with Crippen LogP contribution in [0.25, 0.3) is 11.4 Å². The Kier molecular flexibility index (Phi) is 3.54. The second kappa shape index (κ2) is 5.48. The number of nitrogen functional groups attached to an aromatic ring is 1. The molecule has 3 rings (SSSR count). The van der Waals surface area contributed by atoms with Crippen molar-refractivity contribution >= 4 is 5.69 Å². The lowest BCUT2D eigenvalue weighted by molar-refractivity contribution is 0.414. The zero-order chi connectivity index (χ0) is 13.9. The van der Waals surface area contributed by atoms with Gasteiger partial charge in [0.15, 0.2) is 5.82 Å². The van der Waals surface area contributed by atoms with Crippen molar-refractivity contribution in [1.82, 2.24) is 20.2 Å². The third-order valence-electron chi connectivity index (χ3n) is 3.94. The van der Waals surface area contributed by atoms with E-state index in [1.54, 1.807) is 7.11 Å². The minimum absolute atomic E-state index is 0.660. The molecule has 2 N–H and O–H groups in total. The molecule has 0 amide bonds. The van der Waals surface area contributed by atoms with Gasteiger partial charge in [0, 0.05) is 17.8 Å². The van der Waals surface area contributed by atoms with Crippen LogP contribution in [0.15, 0.2) is 18.2 Å². The van der Waals surface area contributed by atoms with E-state index in [0.717, 1.165) is 17.9 Å². The van der Waals surface area contributed by atoms with Gasteiger partial charge < -0.3 is 10.5 Å². The van der Waals surface area contributed by atoms with Crippen molar-refractivity contribution in [2.45, 2.75) is 32.2 Å². The summed E-state index contributed by atoms with van der Waals surface area (Å²) in [7, 11) is 1.64. The summed E-state index contributed by atoms with van der Waals surface area (Å²) in [6.45, 7) is 0.860. The minimum atomic E-state index is 0.660. The van der Waals surface area contributed by atoms with Crippen LogP contribution in [-0.2, 0) is 6.54 Å². The first-order valence-electron chi connectivity index (χ1n) is 6.98. The van der Waals surface area contributed by atoms with Crippen LogP contribution in [0.5, 0.6) is 5.75 Å². The SMILES string of the molecule is COc1ccc(N)c(-c2nnnn2CC2CCCC2)c1. The number of ether oxygens (including phenoxy) is 1. The second-order valence-corrected chi connectivity index (χ2v) is 5.29. The molecule has 1 saturated carbocycles. The zero-order valence-electron chi connectivity index (χ0n) is 11.6. The number of hydrogen-bond donors (Lipinski definition) is 1. The number of hydrogen-bond acceptors (Lipinski definition) is 5. The normalized spacial score (nSPS) is 15.7. The largest absolute Gasteiger partial charge is 0.497 e. The molecule has 0 bridgehead atoms. The summed E-state index contributed by atoms with van der Waals surface area (Å²) >= 11 is 0. The molecular weight excluding hydrogens is 254 g/mol. The molecule has 106 valence electrons. The molecule has 1 aromatic heterocycles.